The summed E-state index contributed by atoms with van der Waals surface area (Å²) in [7, 11) is 0. The van der Waals surface area contributed by atoms with Crippen molar-refractivity contribution in [3.05, 3.63) is 77.0 Å². The van der Waals surface area contributed by atoms with Crippen molar-refractivity contribution in [3.8, 4) is 0 Å². The second-order valence-corrected chi connectivity index (χ2v) is 11.1. The lowest BCUT2D eigenvalue weighted by atomic mass is 9.62. The van der Waals surface area contributed by atoms with Crippen molar-refractivity contribution >= 4 is 23.9 Å². The lowest BCUT2D eigenvalue weighted by molar-refractivity contribution is -0.201. The Morgan fingerprint density at radius 2 is 1.91 bits per heavy atom. The van der Waals surface area contributed by atoms with Crippen LogP contribution in [0.2, 0.25) is 0 Å². The Morgan fingerprint density at radius 1 is 1.07 bits per heavy atom. The Labute approximate surface area is 253 Å². The lowest BCUT2D eigenvalue weighted by Crippen LogP contribution is -2.69. The van der Waals surface area contributed by atoms with Gasteiger partial charge in [-0.15, -0.1) is 0 Å². The van der Waals surface area contributed by atoms with Crippen molar-refractivity contribution in [1.82, 2.24) is 15.7 Å². The van der Waals surface area contributed by atoms with E-state index in [-0.39, 0.29) is 64.5 Å². The number of benzene rings is 2. The van der Waals surface area contributed by atoms with Gasteiger partial charge in [-0.2, -0.15) is 5.06 Å². The van der Waals surface area contributed by atoms with E-state index in [2.05, 4.69) is 10.6 Å². The summed E-state index contributed by atoms with van der Waals surface area (Å²) in [4.78, 5) is 46.7. The van der Waals surface area contributed by atoms with Crippen LogP contribution in [0.3, 0.4) is 0 Å². The van der Waals surface area contributed by atoms with E-state index in [1.807, 2.05) is 24.3 Å². The molecule has 2 bridgehead atoms. The van der Waals surface area contributed by atoms with Crippen molar-refractivity contribution in [3.63, 3.8) is 0 Å². The van der Waals surface area contributed by atoms with Crippen molar-refractivity contribution in [1.29, 1.82) is 0 Å². The molecule has 1 saturated carbocycles. The third-order valence-corrected chi connectivity index (χ3v) is 8.47. The summed E-state index contributed by atoms with van der Waals surface area (Å²) in [5, 5.41) is 25.1. The summed E-state index contributed by atoms with van der Waals surface area (Å²) in [6.07, 6.45) is 0.784. The lowest BCUT2D eigenvalue weighted by Gasteiger charge is -2.48. The standard InChI is InChI=1S/C31H35N3O10/c35-10-9-32-28(37)21-7-3-4-19(14-21)16-33-30(39)31-15-23-24-25(42-18-41-24)27(31)44-34(26(31)29(38)43-23)17-22-6-2-1-5-20(22)8-12-40-13-11-36/h1-8,12,14,23-27,35-36H,9-11,13,15-18H2,(H,32,37)(H,33,39)/t23-,24+,25+,26+,27-,31+/m1/s1. The van der Waals surface area contributed by atoms with Gasteiger partial charge in [0.2, 0.25) is 5.91 Å². The molecule has 2 aromatic rings. The van der Waals surface area contributed by atoms with Crippen LogP contribution in [0.1, 0.15) is 33.5 Å². The number of esters is 1. The molecular weight excluding hydrogens is 574 g/mol. The number of rotatable bonds is 12. The monoisotopic (exact) mass is 609 g/mol. The number of nitrogens with one attached hydrogen (secondary N) is 2. The van der Waals surface area contributed by atoms with Crippen molar-refractivity contribution in [2.24, 2.45) is 5.41 Å². The maximum absolute atomic E-state index is 14.2. The molecule has 2 amide bonds. The molecule has 13 nitrogen and oxygen atoms in total. The van der Waals surface area contributed by atoms with Crippen LogP contribution in [-0.4, -0.2) is 96.7 Å². The summed E-state index contributed by atoms with van der Waals surface area (Å²) < 4.78 is 22.8. The molecule has 44 heavy (non-hydrogen) atoms. The zero-order valence-electron chi connectivity index (χ0n) is 23.9. The maximum Gasteiger partial charge on any atom is 0.327 e. The fourth-order valence-electron chi connectivity index (χ4n) is 6.52. The minimum atomic E-state index is -1.32. The Kier molecular flexibility index (Phi) is 8.93. The molecule has 6 rings (SSSR count). The van der Waals surface area contributed by atoms with Gasteiger partial charge >= 0.3 is 5.97 Å². The Morgan fingerprint density at radius 3 is 2.75 bits per heavy atom. The van der Waals surface area contributed by atoms with Gasteiger partial charge in [-0.05, 0) is 34.9 Å². The van der Waals surface area contributed by atoms with Crippen LogP contribution < -0.4 is 10.6 Å². The van der Waals surface area contributed by atoms with Gasteiger partial charge < -0.3 is 39.8 Å². The molecule has 3 heterocycles. The van der Waals surface area contributed by atoms with Crippen LogP contribution >= 0.6 is 0 Å². The molecule has 0 unspecified atom stereocenters. The smallest absolute Gasteiger partial charge is 0.327 e. The van der Waals surface area contributed by atoms with Crippen molar-refractivity contribution in [2.75, 3.05) is 33.2 Å². The van der Waals surface area contributed by atoms with Gasteiger partial charge in [0.15, 0.2) is 6.04 Å². The maximum atomic E-state index is 14.2. The number of carbonyl (C=O) groups excluding carboxylic acids is 3. The molecule has 4 N–H and O–H groups in total. The number of fused-ring (bicyclic) bond motifs is 4. The SMILES string of the molecule is O=C(NCCO)c1cccc(CNC(=O)[C@@]23C[C@H]4OC(=O)[C@@H]2N(Cc2ccccc2C=COCCO)O[C@@H]3[C@H]2OCO[C@H]24)c1. The number of nitrogens with zero attached hydrogens (tertiary/aromatic N) is 1. The van der Waals surface area contributed by atoms with Crippen LogP contribution in [0.5, 0.6) is 0 Å². The van der Waals surface area contributed by atoms with E-state index < -0.39 is 41.8 Å². The highest BCUT2D eigenvalue weighted by atomic mass is 16.8. The number of carbonyl (C=O) groups is 3. The number of hydroxylamine groups is 2. The van der Waals surface area contributed by atoms with E-state index in [0.717, 1.165) is 11.1 Å². The molecule has 3 saturated heterocycles. The minimum Gasteiger partial charge on any atom is -0.499 e. The Bertz CT molecular complexity index is 1420. The van der Waals surface area contributed by atoms with Gasteiger partial charge in [-0.3, -0.25) is 19.2 Å². The number of aliphatic hydroxyl groups is 2. The third-order valence-electron chi connectivity index (χ3n) is 8.47. The predicted molar refractivity (Wildman–Crippen MR) is 152 cm³/mol. The van der Waals surface area contributed by atoms with E-state index in [4.69, 9.17) is 34.0 Å². The molecule has 0 radical (unpaired) electrons. The molecule has 3 aliphatic heterocycles. The summed E-state index contributed by atoms with van der Waals surface area (Å²) in [5.74, 6) is -1.29. The minimum absolute atomic E-state index is 0.00177. The highest BCUT2D eigenvalue weighted by Gasteiger charge is 2.74. The van der Waals surface area contributed by atoms with Crippen molar-refractivity contribution < 1.29 is 48.4 Å². The van der Waals surface area contributed by atoms with E-state index in [1.54, 1.807) is 30.3 Å². The number of aliphatic hydroxyl groups excluding tert-OH is 2. The first kappa shape index (κ1) is 30.2. The van der Waals surface area contributed by atoms with Gasteiger partial charge in [0.25, 0.3) is 5.91 Å². The van der Waals surface area contributed by atoms with E-state index in [9.17, 15) is 14.4 Å². The van der Waals surface area contributed by atoms with Crippen LogP contribution in [0.4, 0.5) is 0 Å². The summed E-state index contributed by atoms with van der Waals surface area (Å²) in [5.41, 5.74) is 1.39. The largest absolute Gasteiger partial charge is 0.499 e. The number of hydrogen-bond donors (Lipinski definition) is 4. The van der Waals surface area contributed by atoms with Gasteiger partial charge in [-0.25, -0.2) is 0 Å². The molecule has 6 atom stereocenters. The summed E-state index contributed by atoms with van der Waals surface area (Å²) in [6.45, 7) is 0.278. The normalized spacial score (nSPS) is 28.9. The van der Waals surface area contributed by atoms with Crippen LogP contribution in [0.15, 0.2) is 54.8 Å². The first-order valence-corrected chi connectivity index (χ1v) is 14.6. The van der Waals surface area contributed by atoms with Gasteiger partial charge in [-0.1, -0.05) is 36.4 Å². The van der Waals surface area contributed by atoms with Crippen LogP contribution in [-0.2, 0) is 46.5 Å². The second kappa shape index (κ2) is 13.0. The molecular formula is C31H35N3O10. The highest BCUT2D eigenvalue weighted by molar-refractivity contribution is 5.95. The van der Waals surface area contributed by atoms with Gasteiger partial charge in [0.1, 0.15) is 43.2 Å². The molecule has 4 aliphatic rings. The predicted octanol–water partition coefficient (Wildman–Crippen LogP) is 0.246. The average Bonchev–Trinajstić information content (AvgIpc) is 3.66. The fourth-order valence-corrected chi connectivity index (χ4v) is 6.52. The van der Waals surface area contributed by atoms with E-state index in [1.165, 1.54) is 11.3 Å². The summed E-state index contributed by atoms with van der Waals surface area (Å²) >= 11 is 0. The second-order valence-electron chi connectivity index (χ2n) is 11.1. The van der Waals surface area contributed by atoms with Gasteiger partial charge in [0.05, 0.1) is 26.0 Å². The zero-order valence-corrected chi connectivity index (χ0v) is 23.9. The molecule has 0 aromatic heterocycles. The average molecular weight is 610 g/mol. The number of hydrogen-bond acceptors (Lipinski definition) is 11. The molecule has 4 fully saturated rings. The number of ether oxygens (including phenoxy) is 4. The zero-order chi connectivity index (χ0) is 30.7. The fraction of sp³-hybridized carbons (Fsp3) is 0.452. The molecule has 234 valence electrons. The van der Waals surface area contributed by atoms with E-state index in [0.29, 0.717) is 11.1 Å². The Balaban J connectivity index is 1.26. The van der Waals surface area contributed by atoms with Crippen LogP contribution in [0.25, 0.3) is 6.08 Å². The Hall–Kier alpha value is -3.85. The molecule has 13 heteroatoms. The highest BCUT2D eigenvalue weighted by Crippen LogP contribution is 2.55. The van der Waals surface area contributed by atoms with Crippen molar-refractivity contribution in [2.45, 2.75) is 50.0 Å². The van der Waals surface area contributed by atoms with Crippen LogP contribution in [0, 0.1) is 5.41 Å². The summed E-state index contributed by atoms with van der Waals surface area (Å²) in [6, 6.07) is 13.3. The first-order valence-electron chi connectivity index (χ1n) is 14.6. The molecule has 1 aliphatic carbocycles. The molecule has 0 spiro atoms. The quantitative estimate of drug-likeness (QED) is 0.148. The first-order chi connectivity index (χ1) is 21.5. The van der Waals surface area contributed by atoms with E-state index >= 15 is 0 Å². The third kappa shape index (κ3) is 5.58. The topological polar surface area (TPSA) is 165 Å². The molecule has 2 aromatic carbocycles. The van der Waals surface area contributed by atoms with Gasteiger partial charge in [0, 0.05) is 25.1 Å². The number of amides is 2.